The molecule has 7 nitrogen and oxygen atoms in total. The first-order valence-corrected chi connectivity index (χ1v) is 5.43. The molecule has 1 aromatic carbocycles. The third-order valence-electron chi connectivity index (χ3n) is 2.12. The van der Waals surface area contributed by atoms with Gasteiger partial charge in [-0.15, -0.1) is 0 Å². The zero-order valence-electron chi connectivity index (χ0n) is 9.74. The van der Waals surface area contributed by atoms with E-state index in [2.05, 4.69) is 10.3 Å². The fourth-order valence-electron chi connectivity index (χ4n) is 1.35. The van der Waals surface area contributed by atoms with Crippen LogP contribution in [0.15, 0.2) is 23.2 Å². The predicted octanol–water partition coefficient (Wildman–Crippen LogP) is 0.410. The Hall–Kier alpha value is -1.99. The molecule has 0 amide bonds. The summed E-state index contributed by atoms with van der Waals surface area (Å²) in [5, 5.41) is 30.9. The molecule has 1 rings (SSSR count). The van der Waals surface area contributed by atoms with E-state index in [0.29, 0.717) is 11.3 Å². The number of nitro benzene ring substituents is 1. The first kappa shape index (κ1) is 14.1. The highest BCUT2D eigenvalue weighted by atomic mass is 16.6. The summed E-state index contributed by atoms with van der Waals surface area (Å²) in [6, 6.07) is 4.63. The van der Waals surface area contributed by atoms with Crippen molar-refractivity contribution in [2.75, 3.05) is 31.6 Å². The standard InChI is InChI=1S/C11H15N3O4/c15-5-3-12-8-9-1-2-10(13-4-6-16)11(7-9)14(17)18/h1-2,7-8,13,15-16H,3-6H2. The monoisotopic (exact) mass is 253 g/mol. The van der Waals surface area contributed by atoms with Crippen LogP contribution in [0.25, 0.3) is 0 Å². The number of aliphatic imine (C=N–C) groups is 1. The van der Waals surface area contributed by atoms with Crippen molar-refractivity contribution in [2.24, 2.45) is 4.99 Å². The molecule has 0 aliphatic heterocycles. The van der Waals surface area contributed by atoms with Crippen molar-refractivity contribution in [3.05, 3.63) is 33.9 Å². The molecule has 0 unspecified atom stereocenters. The van der Waals surface area contributed by atoms with Gasteiger partial charge in [-0.25, -0.2) is 0 Å². The Morgan fingerprint density at radius 2 is 2.17 bits per heavy atom. The highest BCUT2D eigenvalue weighted by Gasteiger charge is 2.13. The fourth-order valence-corrected chi connectivity index (χ4v) is 1.35. The maximum Gasteiger partial charge on any atom is 0.292 e. The Balaban J connectivity index is 2.92. The number of rotatable bonds is 7. The molecule has 0 heterocycles. The average Bonchev–Trinajstić information content (AvgIpc) is 2.37. The Morgan fingerprint density at radius 1 is 1.39 bits per heavy atom. The van der Waals surface area contributed by atoms with Crippen molar-refractivity contribution in [3.63, 3.8) is 0 Å². The molecule has 98 valence electrons. The van der Waals surface area contributed by atoms with Gasteiger partial charge in [0.25, 0.3) is 5.69 Å². The van der Waals surface area contributed by atoms with Gasteiger partial charge in [-0.05, 0) is 11.6 Å². The molecule has 0 aliphatic rings. The van der Waals surface area contributed by atoms with Gasteiger partial charge < -0.3 is 15.5 Å². The summed E-state index contributed by atoms with van der Waals surface area (Å²) in [7, 11) is 0. The molecule has 0 saturated heterocycles. The van der Waals surface area contributed by atoms with Gasteiger partial charge in [0.05, 0.1) is 24.7 Å². The van der Waals surface area contributed by atoms with Crippen molar-refractivity contribution in [1.82, 2.24) is 0 Å². The highest BCUT2D eigenvalue weighted by Crippen LogP contribution is 2.24. The maximum absolute atomic E-state index is 10.9. The van der Waals surface area contributed by atoms with E-state index in [0.717, 1.165) is 0 Å². The summed E-state index contributed by atoms with van der Waals surface area (Å²) in [5.74, 6) is 0. The van der Waals surface area contributed by atoms with Crippen molar-refractivity contribution >= 4 is 17.6 Å². The number of nitrogens with zero attached hydrogens (tertiary/aromatic N) is 2. The second kappa shape index (κ2) is 7.36. The van der Waals surface area contributed by atoms with Gasteiger partial charge in [0, 0.05) is 18.8 Å². The Bertz CT molecular complexity index is 434. The van der Waals surface area contributed by atoms with Crippen LogP contribution in [0.3, 0.4) is 0 Å². The van der Waals surface area contributed by atoms with Gasteiger partial charge in [-0.1, -0.05) is 6.07 Å². The van der Waals surface area contributed by atoms with Crippen molar-refractivity contribution in [1.29, 1.82) is 0 Å². The number of aliphatic hydroxyl groups excluding tert-OH is 2. The summed E-state index contributed by atoms with van der Waals surface area (Å²) >= 11 is 0. The first-order chi connectivity index (χ1) is 8.69. The molecule has 0 fully saturated rings. The Labute approximate surface area is 104 Å². The largest absolute Gasteiger partial charge is 0.395 e. The van der Waals surface area contributed by atoms with Crippen LogP contribution in [0.5, 0.6) is 0 Å². The van der Waals surface area contributed by atoms with E-state index in [-0.39, 0.29) is 32.0 Å². The van der Waals surface area contributed by atoms with Crippen LogP contribution < -0.4 is 5.32 Å². The fraction of sp³-hybridized carbons (Fsp3) is 0.364. The van der Waals surface area contributed by atoms with Crippen molar-refractivity contribution < 1.29 is 15.1 Å². The second-order valence-corrected chi connectivity index (χ2v) is 3.44. The zero-order chi connectivity index (χ0) is 13.4. The number of aliphatic hydroxyl groups is 2. The zero-order valence-corrected chi connectivity index (χ0v) is 9.74. The highest BCUT2D eigenvalue weighted by molar-refractivity contribution is 5.83. The summed E-state index contributed by atoms with van der Waals surface area (Å²) in [5.41, 5.74) is 0.870. The molecule has 0 aromatic heterocycles. The lowest BCUT2D eigenvalue weighted by molar-refractivity contribution is -0.384. The average molecular weight is 253 g/mol. The van der Waals surface area contributed by atoms with Gasteiger partial charge in [0.2, 0.25) is 0 Å². The van der Waals surface area contributed by atoms with Crippen LogP contribution in [0.2, 0.25) is 0 Å². The second-order valence-electron chi connectivity index (χ2n) is 3.44. The van der Waals surface area contributed by atoms with Crippen LogP contribution in [0.4, 0.5) is 11.4 Å². The smallest absolute Gasteiger partial charge is 0.292 e. The molecular formula is C11H15N3O4. The lowest BCUT2D eigenvalue weighted by Crippen LogP contribution is -2.07. The molecule has 0 aliphatic carbocycles. The van der Waals surface area contributed by atoms with Gasteiger partial charge in [-0.3, -0.25) is 15.1 Å². The minimum atomic E-state index is -0.497. The third kappa shape index (κ3) is 4.11. The predicted molar refractivity (Wildman–Crippen MR) is 68.2 cm³/mol. The first-order valence-electron chi connectivity index (χ1n) is 5.43. The molecular weight excluding hydrogens is 238 g/mol. The summed E-state index contributed by atoms with van der Waals surface area (Å²) in [4.78, 5) is 14.3. The van der Waals surface area contributed by atoms with E-state index >= 15 is 0 Å². The molecule has 0 atom stereocenters. The van der Waals surface area contributed by atoms with Gasteiger partial charge in [0.15, 0.2) is 0 Å². The number of benzene rings is 1. The molecule has 0 bridgehead atoms. The van der Waals surface area contributed by atoms with Crippen LogP contribution in [0.1, 0.15) is 5.56 Å². The van der Waals surface area contributed by atoms with Crippen LogP contribution in [-0.2, 0) is 0 Å². The normalized spacial score (nSPS) is 10.8. The lowest BCUT2D eigenvalue weighted by Gasteiger charge is -2.05. The van der Waals surface area contributed by atoms with E-state index in [9.17, 15) is 10.1 Å². The molecule has 0 saturated carbocycles. The topological polar surface area (TPSA) is 108 Å². The number of hydrogen-bond donors (Lipinski definition) is 3. The number of nitrogens with one attached hydrogen (secondary N) is 1. The SMILES string of the molecule is O=[N+]([O-])c1cc(C=NCCO)ccc1NCCO. The minimum Gasteiger partial charge on any atom is -0.395 e. The van der Waals surface area contributed by atoms with E-state index in [4.69, 9.17) is 10.2 Å². The van der Waals surface area contributed by atoms with Crippen molar-refractivity contribution in [2.45, 2.75) is 0 Å². The van der Waals surface area contributed by atoms with E-state index in [1.807, 2.05) is 0 Å². The molecule has 18 heavy (non-hydrogen) atoms. The van der Waals surface area contributed by atoms with Gasteiger partial charge in [0.1, 0.15) is 5.69 Å². The van der Waals surface area contributed by atoms with E-state index < -0.39 is 4.92 Å². The lowest BCUT2D eigenvalue weighted by atomic mass is 10.2. The van der Waals surface area contributed by atoms with Crippen LogP contribution in [0, 0.1) is 10.1 Å². The Kier molecular flexibility index (Phi) is 5.75. The summed E-state index contributed by atoms with van der Waals surface area (Å²) < 4.78 is 0. The van der Waals surface area contributed by atoms with Crippen LogP contribution in [-0.4, -0.2) is 47.7 Å². The molecule has 0 spiro atoms. The maximum atomic E-state index is 10.9. The summed E-state index contributed by atoms with van der Waals surface area (Å²) in [6.07, 6.45) is 1.47. The van der Waals surface area contributed by atoms with Crippen molar-refractivity contribution in [3.8, 4) is 0 Å². The number of nitro groups is 1. The number of hydrogen-bond acceptors (Lipinski definition) is 6. The van der Waals surface area contributed by atoms with Crippen LogP contribution >= 0.6 is 0 Å². The van der Waals surface area contributed by atoms with E-state index in [1.165, 1.54) is 12.3 Å². The molecule has 1 aromatic rings. The molecule has 0 radical (unpaired) electrons. The minimum absolute atomic E-state index is 0.0608. The Morgan fingerprint density at radius 3 is 2.78 bits per heavy atom. The summed E-state index contributed by atoms with van der Waals surface area (Å²) in [6.45, 7) is 0.350. The van der Waals surface area contributed by atoms with E-state index in [1.54, 1.807) is 12.1 Å². The molecule has 3 N–H and O–H groups in total. The molecule has 7 heteroatoms. The number of anilines is 1. The third-order valence-corrected chi connectivity index (χ3v) is 2.12. The quantitative estimate of drug-likeness (QED) is 0.370. The van der Waals surface area contributed by atoms with Gasteiger partial charge in [-0.2, -0.15) is 0 Å². The van der Waals surface area contributed by atoms with Gasteiger partial charge >= 0.3 is 0 Å².